The first-order chi connectivity index (χ1) is 8.66. The van der Waals surface area contributed by atoms with Crippen molar-refractivity contribution in [2.75, 3.05) is 6.54 Å². The van der Waals surface area contributed by atoms with Crippen LogP contribution in [0.1, 0.15) is 42.5 Å². The second kappa shape index (κ2) is 6.30. The summed E-state index contributed by atoms with van der Waals surface area (Å²) < 4.78 is 12.9. The van der Waals surface area contributed by atoms with E-state index in [2.05, 4.69) is 5.32 Å². The molecule has 2 nitrogen and oxygen atoms in total. The molecule has 0 aliphatic carbocycles. The largest absolute Gasteiger partial charge is 0.314 e. The summed E-state index contributed by atoms with van der Waals surface area (Å²) in [6.45, 7) is 0.967. The van der Waals surface area contributed by atoms with Crippen molar-refractivity contribution in [3.8, 4) is 0 Å². The van der Waals surface area contributed by atoms with Crippen LogP contribution in [0.4, 0.5) is 4.39 Å². The van der Waals surface area contributed by atoms with Gasteiger partial charge in [-0.25, -0.2) is 4.39 Å². The van der Waals surface area contributed by atoms with E-state index in [1.54, 1.807) is 0 Å². The molecule has 0 aromatic heterocycles. The fraction of sp³-hybridized carbons (Fsp3) is 0.500. The number of Topliss-reactive ketones (excluding diaryl/α,β-unsaturated/α-hetero) is 1. The van der Waals surface area contributed by atoms with E-state index in [1.165, 1.54) is 31.0 Å². The van der Waals surface area contributed by atoms with Crippen LogP contribution in [0.15, 0.2) is 18.2 Å². The Morgan fingerprint density at radius 2 is 2.22 bits per heavy atom. The van der Waals surface area contributed by atoms with Crippen molar-refractivity contribution >= 4 is 17.4 Å². The molecule has 0 spiro atoms. The monoisotopic (exact) mass is 269 g/mol. The van der Waals surface area contributed by atoms with Crippen molar-refractivity contribution < 1.29 is 9.18 Å². The smallest absolute Gasteiger partial charge is 0.165 e. The fourth-order valence-corrected chi connectivity index (χ4v) is 2.60. The third-order valence-corrected chi connectivity index (χ3v) is 3.64. The molecule has 1 aliphatic rings. The number of carbonyl (C=O) groups is 1. The Morgan fingerprint density at radius 1 is 1.39 bits per heavy atom. The van der Waals surface area contributed by atoms with Gasteiger partial charge in [-0.15, -0.1) is 0 Å². The van der Waals surface area contributed by atoms with Gasteiger partial charge in [0.15, 0.2) is 5.78 Å². The number of hydrogen-bond acceptors (Lipinski definition) is 2. The van der Waals surface area contributed by atoms with Crippen LogP contribution >= 0.6 is 11.6 Å². The first-order valence-corrected chi connectivity index (χ1v) is 6.76. The Morgan fingerprint density at radius 3 is 3.00 bits per heavy atom. The minimum absolute atomic E-state index is 0.0144. The second-order valence-corrected chi connectivity index (χ2v) is 5.16. The van der Waals surface area contributed by atoms with Crippen molar-refractivity contribution in [2.45, 2.75) is 38.1 Å². The number of carbonyl (C=O) groups excluding carboxylic acids is 1. The minimum atomic E-state index is -0.413. The number of hydrogen-bond donors (Lipinski definition) is 1. The molecular weight excluding hydrogens is 253 g/mol. The van der Waals surface area contributed by atoms with Gasteiger partial charge in [-0.3, -0.25) is 4.79 Å². The summed E-state index contributed by atoms with van der Waals surface area (Å²) in [4.78, 5) is 12.1. The Hall–Kier alpha value is -0.930. The highest BCUT2D eigenvalue weighted by Crippen LogP contribution is 2.21. The predicted molar refractivity (Wildman–Crippen MR) is 70.6 cm³/mol. The molecule has 0 radical (unpaired) electrons. The maximum absolute atomic E-state index is 12.9. The van der Waals surface area contributed by atoms with E-state index in [0.717, 1.165) is 19.4 Å². The summed E-state index contributed by atoms with van der Waals surface area (Å²) in [5.41, 5.74) is 0.420. The maximum Gasteiger partial charge on any atom is 0.165 e. The maximum atomic E-state index is 12.9. The lowest BCUT2D eigenvalue weighted by Crippen LogP contribution is -2.30. The fourth-order valence-electron chi connectivity index (χ4n) is 2.32. The molecular formula is C14H17ClFNO. The number of rotatable bonds is 3. The van der Waals surface area contributed by atoms with Crippen LogP contribution in [0, 0.1) is 5.82 Å². The van der Waals surface area contributed by atoms with Gasteiger partial charge in [-0.2, -0.15) is 0 Å². The summed E-state index contributed by atoms with van der Waals surface area (Å²) in [5, 5.41) is 3.58. The highest BCUT2D eigenvalue weighted by Gasteiger charge is 2.18. The van der Waals surface area contributed by atoms with Gasteiger partial charge in [0.1, 0.15) is 5.82 Å². The van der Waals surface area contributed by atoms with Gasteiger partial charge < -0.3 is 5.32 Å². The van der Waals surface area contributed by atoms with E-state index in [-0.39, 0.29) is 16.8 Å². The molecule has 1 aromatic carbocycles. The molecule has 98 valence electrons. The quantitative estimate of drug-likeness (QED) is 0.850. The molecule has 2 rings (SSSR count). The average Bonchev–Trinajstić information content (AvgIpc) is 2.57. The summed E-state index contributed by atoms with van der Waals surface area (Å²) in [6.07, 6.45) is 5.00. The SMILES string of the molecule is O=C(CC1CCCCCN1)c1ccc(F)cc1Cl. The van der Waals surface area contributed by atoms with Crippen LogP contribution in [0.5, 0.6) is 0 Å². The lowest BCUT2D eigenvalue weighted by Gasteiger charge is -2.15. The Balaban J connectivity index is 2.02. The molecule has 1 atom stereocenters. The molecule has 1 saturated heterocycles. The molecule has 0 bridgehead atoms. The lowest BCUT2D eigenvalue weighted by atomic mass is 10.0. The molecule has 1 unspecified atom stereocenters. The van der Waals surface area contributed by atoms with E-state index in [9.17, 15) is 9.18 Å². The van der Waals surface area contributed by atoms with Crippen LogP contribution in [-0.2, 0) is 0 Å². The van der Waals surface area contributed by atoms with Gasteiger partial charge in [-0.05, 0) is 37.6 Å². The first-order valence-electron chi connectivity index (χ1n) is 6.38. The van der Waals surface area contributed by atoms with E-state index in [4.69, 9.17) is 11.6 Å². The van der Waals surface area contributed by atoms with Gasteiger partial charge in [0, 0.05) is 18.0 Å². The second-order valence-electron chi connectivity index (χ2n) is 4.75. The Kier molecular flexibility index (Phi) is 4.72. The first kappa shape index (κ1) is 13.5. The van der Waals surface area contributed by atoms with Gasteiger partial charge in [0.2, 0.25) is 0 Å². The van der Waals surface area contributed by atoms with Crippen molar-refractivity contribution in [3.05, 3.63) is 34.6 Å². The van der Waals surface area contributed by atoms with E-state index in [1.807, 2.05) is 0 Å². The van der Waals surface area contributed by atoms with E-state index in [0.29, 0.717) is 12.0 Å². The molecule has 1 heterocycles. The summed E-state index contributed by atoms with van der Waals surface area (Å²) >= 11 is 5.89. The number of halogens is 2. The summed E-state index contributed by atoms with van der Waals surface area (Å²) in [5.74, 6) is -0.427. The predicted octanol–water partition coefficient (Wildman–Crippen LogP) is 3.58. The van der Waals surface area contributed by atoms with Crippen molar-refractivity contribution in [1.82, 2.24) is 5.32 Å². The van der Waals surface area contributed by atoms with Gasteiger partial charge >= 0.3 is 0 Å². The van der Waals surface area contributed by atoms with Gasteiger partial charge in [0.25, 0.3) is 0 Å². The van der Waals surface area contributed by atoms with E-state index < -0.39 is 5.82 Å². The van der Waals surface area contributed by atoms with E-state index >= 15 is 0 Å². The van der Waals surface area contributed by atoms with Crippen LogP contribution in [0.2, 0.25) is 5.02 Å². The third kappa shape index (κ3) is 3.53. The van der Waals surface area contributed by atoms with Crippen LogP contribution in [-0.4, -0.2) is 18.4 Å². The van der Waals surface area contributed by atoms with Gasteiger partial charge in [-0.1, -0.05) is 24.4 Å². The normalized spacial score (nSPS) is 20.4. The van der Waals surface area contributed by atoms with Crippen molar-refractivity contribution in [3.63, 3.8) is 0 Å². The van der Waals surface area contributed by atoms with Crippen LogP contribution < -0.4 is 5.32 Å². The molecule has 0 saturated carbocycles. The highest BCUT2D eigenvalue weighted by atomic mass is 35.5. The zero-order valence-electron chi connectivity index (χ0n) is 10.2. The van der Waals surface area contributed by atoms with Crippen molar-refractivity contribution in [1.29, 1.82) is 0 Å². The van der Waals surface area contributed by atoms with Crippen molar-refractivity contribution in [2.24, 2.45) is 0 Å². The lowest BCUT2D eigenvalue weighted by molar-refractivity contribution is 0.0968. The molecule has 1 aromatic rings. The zero-order chi connectivity index (χ0) is 13.0. The summed E-state index contributed by atoms with van der Waals surface area (Å²) in [6, 6.07) is 4.16. The third-order valence-electron chi connectivity index (χ3n) is 3.33. The average molecular weight is 270 g/mol. The molecule has 1 N–H and O–H groups in total. The molecule has 0 amide bonds. The molecule has 4 heteroatoms. The van der Waals surface area contributed by atoms with Crippen LogP contribution in [0.25, 0.3) is 0 Å². The number of benzene rings is 1. The molecule has 18 heavy (non-hydrogen) atoms. The Bertz CT molecular complexity index is 428. The number of nitrogens with one attached hydrogen (secondary N) is 1. The van der Waals surface area contributed by atoms with Crippen LogP contribution in [0.3, 0.4) is 0 Å². The topological polar surface area (TPSA) is 29.1 Å². The highest BCUT2D eigenvalue weighted by molar-refractivity contribution is 6.34. The molecule has 1 fully saturated rings. The zero-order valence-corrected chi connectivity index (χ0v) is 11.0. The Labute approximate surface area is 112 Å². The molecule has 1 aliphatic heterocycles. The number of ketones is 1. The standard InChI is InChI=1S/C14H17ClFNO/c15-13-8-10(16)5-6-12(13)14(18)9-11-4-2-1-3-7-17-11/h5-6,8,11,17H,1-4,7,9H2. The van der Waals surface area contributed by atoms with Gasteiger partial charge in [0.05, 0.1) is 5.02 Å². The minimum Gasteiger partial charge on any atom is -0.314 e. The summed E-state index contributed by atoms with van der Waals surface area (Å²) in [7, 11) is 0.